The highest BCUT2D eigenvalue weighted by Gasteiger charge is 2.40. The fourth-order valence-corrected chi connectivity index (χ4v) is 6.63. The molecule has 3 amide bonds. The molecule has 14 nitrogen and oxygen atoms in total. The summed E-state index contributed by atoms with van der Waals surface area (Å²) in [5.41, 5.74) is 2.33. The number of carbonyl (C=O) groups is 5. The summed E-state index contributed by atoms with van der Waals surface area (Å²) in [6.45, 7) is 7.20. The fourth-order valence-electron chi connectivity index (χ4n) is 6.63. The largest absolute Gasteiger partial charge is 0.508 e. The minimum absolute atomic E-state index is 0.0174. The number of aromatic hydroxyl groups is 2. The average Bonchev–Trinajstić information content (AvgIpc) is 3.22. The van der Waals surface area contributed by atoms with Gasteiger partial charge in [-0.05, 0) is 98.8 Å². The Morgan fingerprint density at radius 1 is 0.661 bits per heavy atom. The van der Waals surface area contributed by atoms with Crippen LogP contribution in [0.5, 0.6) is 17.2 Å². The molecule has 59 heavy (non-hydrogen) atoms. The first-order chi connectivity index (χ1) is 27.9. The van der Waals surface area contributed by atoms with E-state index in [0.29, 0.717) is 30.6 Å². The van der Waals surface area contributed by atoms with Gasteiger partial charge in [-0.1, -0.05) is 64.1 Å². The molecule has 0 aromatic heterocycles. The van der Waals surface area contributed by atoms with Crippen LogP contribution in [0, 0.1) is 11.8 Å². The molecule has 0 saturated carbocycles. The molecule has 14 heteroatoms. The van der Waals surface area contributed by atoms with Gasteiger partial charge in [0.15, 0.2) is 6.10 Å². The number of phenolic OH excluding ortho intramolecular Hbond substituents is 2. The number of methoxy groups -OCH3 is 2. The van der Waals surface area contributed by atoms with Gasteiger partial charge in [-0.3, -0.25) is 24.1 Å². The van der Waals surface area contributed by atoms with Crippen molar-refractivity contribution < 1.29 is 48.4 Å². The molecule has 0 spiro atoms. The number of esters is 2. The maximum absolute atomic E-state index is 14.5. The van der Waals surface area contributed by atoms with E-state index in [0.717, 1.165) is 11.1 Å². The zero-order valence-electron chi connectivity index (χ0n) is 36.0. The molecule has 0 aliphatic carbocycles. The van der Waals surface area contributed by atoms with Crippen LogP contribution in [0.1, 0.15) is 57.2 Å². The van der Waals surface area contributed by atoms with E-state index >= 15 is 0 Å². The topological polar surface area (TPSA) is 175 Å². The number of hydrogen-bond donors (Lipinski definition) is 3. The van der Waals surface area contributed by atoms with Crippen LogP contribution in [0.4, 0.5) is 0 Å². The summed E-state index contributed by atoms with van der Waals surface area (Å²) in [6, 6.07) is 16.1. The zero-order chi connectivity index (χ0) is 44.0. The summed E-state index contributed by atoms with van der Waals surface area (Å²) in [4.78, 5) is 74.3. The van der Waals surface area contributed by atoms with E-state index < -0.39 is 71.8 Å². The van der Waals surface area contributed by atoms with Crippen LogP contribution in [0.3, 0.4) is 0 Å². The summed E-state index contributed by atoms with van der Waals surface area (Å²) in [6.07, 6.45) is 0.193. The predicted molar refractivity (Wildman–Crippen MR) is 224 cm³/mol. The van der Waals surface area contributed by atoms with Gasteiger partial charge in [-0.15, -0.1) is 0 Å². The maximum atomic E-state index is 14.5. The van der Waals surface area contributed by atoms with E-state index in [4.69, 9.17) is 14.2 Å². The SMILES string of the molecule is CC[C@@H](C)[C@H](OC(=O)[C@H](Cc1ccc(OC)cc1)N(C)C)C(=O)N[C@@H](C(=O)N(C)[C@H](Cc1ccc(O)cc1)C(=O)N(C)[C@H](CCc1ccc(O)cc1)C(=O)OC)C(C)C. The molecule has 0 heterocycles. The number of phenols is 2. The minimum Gasteiger partial charge on any atom is -0.508 e. The van der Waals surface area contributed by atoms with E-state index in [1.54, 1.807) is 83.3 Å². The Bertz CT molecular complexity index is 1830. The molecule has 0 radical (unpaired) electrons. The van der Waals surface area contributed by atoms with Crippen molar-refractivity contribution in [1.82, 2.24) is 20.0 Å². The van der Waals surface area contributed by atoms with E-state index in [2.05, 4.69) is 5.32 Å². The van der Waals surface area contributed by atoms with Crippen LogP contribution >= 0.6 is 0 Å². The van der Waals surface area contributed by atoms with E-state index in [1.807, 2.05) is 19.1 Å². The van der Waals surface area contributed by atoms with Crippen molar-refractivity contribution >= 4 is 29.7 Å². The number of rotatable bonds is 21. The Morgan fingerprint density at radius 3 is 1.63 bits per heavy atom. The van der Waals surface area contributed by atoms with Gasteiger partial charge in [0.2, 0.25) is 11.8 Å². The van der Waals surface area contributed by atoms with Crippen molar-refractivity contribution in [3.8, 4) is 17.2 Å². The smallest absolute Gasteiger partial charge is 0.328 e. The van der Waals surface area contributed by atoms with Crippen molar-refractivity contribution in [2.24, 2.45) is 11.8 Å². The third kappa shape index (κ3) is 13.5. The molecular formula is C45H62N4O10. The lowest BCUT2D eigenvalue weighted by Gasteiger charge is -2.36. The van der Waals surface area contributed by atoms with Crippen molar-refractivity contribution in [3.05, 3.63) is 89.5 Å². The zero-order valence-corrected chi connectivity index (χ0v) is 36.0. The molecule has 0 bridgehead atoms. The van der Waals surface area contributed by atoms with E-state index in [-0.39, 0.29) is 24.3 Å². The molecule has 3 aromatic rings. The van der Waals surface area contributed by atoms with Gasteiger partial charge in [-0.25, -0.2) is 4.79 Å². The fraction of sp³-hybridized carbons (Fsp3) is 0.489. The van der Waals surface area contributed by atoms with Crippen LogP contribution in [0.15, 0.2) is 72.8 Å². The molecule has 3 N–H and O–H groups in total. The molecule has 6 atom stereocenters. The Kier molecular flexibility index (Phi) is 18.2. The Balaban J connectivity index is 1.90. The number of benzene rings is 3. The number of amides is 3. The van der Waals surface area contributed by atoms with E-state index in [9.17, 15) is 34.2 Å². The second-order valence-electron chi connectivity index (χ2n) is 15.5. The monoisotopic (exact) mass is 818 g/mol. The van der Waals surface area contributed by atoms with Gasteiger partial charge in [-0.2, -0.15) is 0 Å². The lowest BCUT2D eigenvalue weighted by Crippen LogP contribution is -2.59. The summed E-state index contributed by atoms with van der Waals surface area (Å²) in [5, 5.41) is 22.5. The van der Waals surface area contributed by atoms with Gasteiger partial charge in [0.05, 0.1) is 14.2 Å². The van der Waals surface area contributed by atoms with Crippen LogP contribution in [0.25, 0.3) is 0 Å². The third-order valence-corrected chi connectivity index (χ3v) is 10.8. The second kappa shape index (κ2) is 22.5. The summed E-state index contributed by atoms with van der Waals surface area (Å²) < 4.78 is 16.3. The maximum Gasteiger partial charge on any atom is 0.328 e. The highest BCUT2D eigenvalue weighted by Crippen LogP contribution is 2.22. The first-order valence-electron chi connectivity index (χ1n) is 19.9. The van der Waals surface area contributed by atoms with Crippen molar-refractivity contribution in [2.75, 3.05) is 42.4 Å². The molecule has 3 rings (SSSR count). The third-order valence-electron chi connectivity index (χ3n) is 10.8. The predicted octanol–water partition coefficient (Wildman–Crippen LogP) is 4.38. The summed E-state index contributed by atoms with van der Waals surface area (Å²) in [7, 11) is 9.27. The Hall–Kier alpha value is -5.63. The summed E-state index contributed by atoms with van der Waals surface area (Å²) >= 11 is 0. The average molecular weight is 819 g/mol. The van der Waals surface area contributed by atoms with Crippen molar-refractivity contribution in [3.63, 3.8) is 0 Å². The Morgan fingerprint density at radius 2 is 1.15 bits per heavy atom. The number of ether oxygens (including phenoxy) is 3. The molecule has 0 saturated heterocycles. The minimum atomic E-state index is -1.22. The van der Waals surface area contributed by atoms with Crippen LogP contribution in [-0.2, 0) is 52.7 Å². The Labute approximate surface area is 348 Å². The standard InChI is InChI=1S/C45H62N4O10/c1-11-29(4)40(59-45(56)38(47(5)6)27-32-16-23-35(57-9)24-17-32)41(52)46-39(28(2)3)43(54)49(8)37(26-31-14-21-34(51)22-15-31)42(53)48(7)36(44(55)58-10)25-18-30-12-19-33(50)20-13-30/h12-17,19-24,28-29,36-40,50-51H,11,18,25-27H2,1-10H3,(H,46,52)/t29-,36-,37-,38+,39-,40+/m1/s1. The first-order valence-corrected chi connectivity index (χ1v) is 19.9. The lowest BCUT2D eigenvalue weighted by atomic mass is 9.96. The molecule has 0 fully saturated rings. The normalized spacial score (nSPS) is 14.3. The summed E-state index contributed by atoms with van der Waals surface area (Å²) in [5.74, 6) is -3.06. The van der Waals surface area contributed by atoms with Crippen LogP contribution in [0.2, 0.25) is 0 Å². The molecule has 0 unspecified atom stereocenters. The molecule has 3 aromatic carbocycles. The lowest BCUT2D eigenvalue weighted by molar-refractivity contribution is -0.164. The van der Waals surface area contributed by atoms with Crippen molar-refractivity contribution in [2.45, 2.75) is 90.1 Å². The number of nitrogens with zero attached hydrogens (tertiary/aromatic N) is 3. The number of nitrogens with one attached hydrogen (secondary N) is 1. The van der Waals surface area contributed by atoms with Gasteiger partial charge in [0.25, 0.3) is 5.91 Å². The van der Waals surface area contributed by atoms with Gasteiger partial charge in [0.1, 0.15) is 41.4 Å². The van der Waals surface area contributed by atoms with Gasteiger partial charge in [0, 0.05) is 26.4 Å². The van der Waals surface area contributed by atoms with Crippen LogP contribution < -0.4 is 10.1 Å². The van der Waals surface area contributed by atoms with Crippen molar-refractivity contribution in [1.29, 1.82) is 0 Å². The molecular weight excluding hydrogens is 757 g/mol. The first kappa shape index (κ1) is 47.7. The highest BCUT2D eigenvalue weighted by atomic mass is 16.6. The number of hydrogen-bond acceptors (Lipinski definition) is 11. The van der Waals surface area contributed by atoms with Gasteiger partial charge < -0.3 is 39.5 Å². The number of carbonyl (C=O) groups excluding carboxylic acids is 5. The number of aryl methyl sites for hydroxylation is 1. The second-order valence-corrected chi connectivity index (χ2v) is 15.5. The quantitative estimate of drug-likeness (QED) is 0.130. The molecule has 322 valence electrons. The highest BCUT2D eigenvalue weighted by molar-refractivity contribution is 5.95. The number of likely N-dealkylation sites (N-methyl/N-ethyl adjacent to an activating group) is 3. The van der Waals surface area contributed by atoms with Crippen LogP contribution in [-0.4, -0.2) is 127 Å². The molecule has 0 aliphatic rings. The molecule has 0 aliphatic heterocycles. The van der Waals surface area contributed by atoms with E-state index in [1.165, 1.54) is 55.3 Å². The van der Waals surface area contributed by atoms with Gasteiger partial charge >= 0.3 is 11.9 Å².